The second kappa shape index (κ2) is 7.29. The Morgan fingerprint density at radius 2 is 1.79 bits per heavy atom. The average Bonchev–Trinajstić information content (AvgIpc) is 2.13. The van der Waals surface area contributed by atoms with Crippen molar-refractivity contribution >= 4 is 5.97 Å². The fourth-order valence-corrected chi connectivity index (χ4v) is 1.17. The number of rotatable bonds is 8. The minimum absolute atomic E-state index is 0.0121. The Bertz CT molecular complexity index is 194. The van der Waals surface area contributed by atoms with Gasteiger partial charge in [-0.3, -0.25) is 4.79 Å². The van der Waals surface area contributed by atoms with Gasteiger partial charge in [0.05, 0.1) is 0 Å². The maximum absolute atomic E-state index is 10.6. The van der Waals surface area contributed by atoms with E-state index >= 15 is 0 Å². The molecule has 4 nitrogen and oxygen atoms in total. The van der Waals surface area contributed by atoms with Gasteiger partial charge in [-0.1, -0.05) is 19.1 Å². The molecule has 4 heteroatoms. The molecule has 0 bridgehead atoms. The van der Waals surface area contributed by atoms with E-state index in [1.807, 2.05) is 11.9 Å². The van der Waals surface area contributed by atoms with Gasteiger partial charge in [0, 0.05) is 19.6 Å². The van der Waals surface area contributed by atoms with Crippen molar-refractivity contribution in [3.05, 3.63) is 25.3 Å². The van der Waals surface area contributed by atoms with Gasteiger partial charge in [0.25, 0.3) is 0 Å². The van der Waals surface area contributed by atoms with E-state index in [0.717, 1.165) is 0 Å². The van der Waals surface area contributed by atoms with E-state index in [9.17, 15) is 4.79 Å². The van der Waals surface area contributed by atoms with Gasteiger partial charge in [-0.2, -0.15) is 0 Å². The number of carboxylic acids is 1. The summed E-state index contributed by atoms with van der Waals surface area (Å²) in [5.74, 6) is -0.829. The Balaban J connectivity index is 4.30. The van der Waals surface area contributed by atoms with Crippen LogP contribution in [0, 0.1) is 0 Å². The number of hydrazine groups is 1. The molecule has 0 aromatic rings. The summed E-state index contributed by atoms with van der Waals surface area (Å²) in [6, 6.07) is 0. The Morgan fingerprint density at radius 3 is 2.07 bits per heavy atom. The SMILES string of the molecule is C=CCN(CC=C)N(CC)CC(=O)O. The van der Waals surface area contributed by atoms with Gasteiger partial charge in [0.2, 0.25) is 0 Å². The molecule has 0 aromatic heterocycles. The van der Waals surface area contributed by atoms with Gasteiger partial charge >= 0.3 is 5.97 Å². The van der Waals surface area contributed by atoms with Crippen LogP contribution in [0.25, 0.3) is 0 Å². The van der Waals surface area contributed by atoms with Gasteiger partial charge in [-0.05, 0) is 0 Å². The summed E-state index contributed by atoms with van der Waals surface area (Å²) in [7, 11) is 0. The maximum Gasteiger partial charge on any atom is 0.319 e. The highest BCUT2D eigenvalue weighted by atomic mass is 16.4. The summed E-state index contributed by atoms with van der Waals surface area (Å²) in [4.78, 5) is 10.6. The van der Waals surface area contributed by atoms with Gasteiger partial charge in [-0.25, -0.2) is 10.0 Å². The topological polar surface area (TPSA) is 43.8 Å². The van der Waals surface area contributed by atoms with E-state index in [1.165, 1.54) is 0 Å². The molecule has 0 spiro atoms. The molecule has 0 amide bonds. The lowest BCUT2D eigenvalue weighted by atomic mass is 10.5. The zero-order valence-corrected chi connectivity index (χ0v) is 8.65. The van der Waals surface area contributed by atoms with Crippen LogP contribution in [-0.4, -0.2) is 47.3 Å². The van der Waals surface area contributed by atoms with Crippen molar-refractivity contribution in [1.29, 1.82) is 0 Å². The summed E-state index contributed by atoms with van der Waals surface area (Å²) < 4.78 is 0. The zero-order chi connectivity index (χ0) is 11.0. The van der Waals surface area contributed by atoms with Crippen molar-refractivity contribution < 1.29 is 9.90 Å². The molecule has 0 aliphatic heterocycles. The molecule has 1 N–H and O–H groups in total. The summed E-state index contributed by atoms with van der Waals surface area (Å²) in [5.41, 5.74) is 0. The third-order valence-corrected chi connectivity index (χ3v) is 1.76. The lowest BCUT2D eigenvalue weighted by molar-refractivity contribution is -0.143. The molecule has 80 valence electrons. The lowest BCUT2D eigenvalue weighted by Crippen LogP contribution is -2.45. The minimum atomic E-state index is -0.829. The number of hydrogen-bond donors (Lipinski definition) is 1. The molecule has 0 radical (unpaired) electrons. The van der Waals surface area contributed by atoms with Crippen molar-refractivity contribution in [2.45, 2.75) is 6.92 Å². The molecule has 0 rings (SSSR count). The number of carboxylic acid groups (broad SMARTS) is 1. The van der Waals surface area contributed by atoms with Crippen LogP contribution in [0.3, 0.4) is 0 Å². The average molecular weight is 198 g/mol. The van der Waals surface area contributed by atoms with Crippen LogP contribution in [0.4, 0.5) is 0 Å². The first kappa shape index (κ1) is 12.9. The molecule has 0 aliphatic carbocycles. The van der Waals surface area contributed by atoms with Crippen LogP contribution in [-0.2, 0) is 4.79 Å². The van der Waals surface area contributed by atoms with Crippen LogP contribution in [0.15, 0.2) is 25.3 Å². The highest BCUT2D eigenvalue weighted by Crippen LogP contribution is 1.98. The number of hydrogen-bond acceptors (Lipinski definition) is 3. The minimum Gasteiger partial charge on any atom is -0.480 e. The molecule has 0 heterocycles. The summed E-state index contributed by atoms with van der Waals surface area (Å²) in [5, 5.41) is 12.3. The van der Waals surface area contributed by atoms with Crippen molar-refractivity contribution in [2.75, 3.05) is 26.2 Å². The highest BCUT2D eigenvalue weighted by molar-refractivity contribution is 5.68. The van der Waals surface area contributed by atoms with Gasteiger partial charge in [0.1, 0.15) is 6.54 Å². The van der Waals surface area contributed by atoms with E-state index in [0.29, 0.717) is 19.6 Å². The van der Waals surface area contributed by atoms with E-state index < -0.39 is 5.97 Å². The first-order valence-electron chi connectivity index (χ1n) is 4.59. The first-order chi connectivity index (χ1) is 6.65. The molecule has 0 atom stereocenters. The fourth-order valence-electron chi connectivity index (χ4n) is 1.17. The number of nitrogens with zero attached hydrogens (tertiary/aromatic N) is 2. The molecule has 0 unspecified atom stereocenters. The lowest BCUT2D eigenvalue weighted by Gasteiger charge is -2.31. The normalized spacial score (nSPS) is 10.5. The molecule has 0 aromatic carbocycles. The Morgan fingerprint density at radius 1 is 1.29 bits per heavy atom. The Kier molecular flexibility index (Phi) is 6.70. The summed E-state index contributed by atoms with van der Waals surface area (Å²) >= 11 is 0. The highest BCUT2D eigenvalue weighted by Gasteiger charge is 2.13. The number of carbonyl (C=O) groups is 1. The molecule has 0 fully saturated rings. The van der Waals surface area contributed by atoms with Crippen molar-refractivity contribution in [3.8, 4) is 0 Å². The van der Waals surface area contributed by atoms with Crippen LogP contribution < -0.4 is 0 Å². The van der Waals surface area contributed by atoms with Crippen LogP contribution in [0.2, 0.25) is 0 Å². The summed E-state index contributed by atoms with van der Waals surface area (Å²) in [6.45, 7) is 11.1. The number of likely N-dealkylation sites (N-methyl/N-ethyl adjacent to an activating group) is 1. The standard InChI is InChI=1S/C10H18N2O2/c1-4-7-12(8-5-2)11(6-3)9-10(13)14/h4-5H,1-2,6-9H2,3H3,(H,13,14). The van der Waals surface area contributed by atoms with Crippen LogP contribution in [0.1, 0.15) is 6.92 Å². The van der Waals surface area contributed by atoms with Gasteiger partial charge in [0.15, 0.2) is 0 Å². The fraction of sp³-hybridized carbons (Fsp3) is 0.500. The predicted molar refractivity (Wildman–Crippen MR) is 56.8 cm³/mol. The Labute approximate surface area is 85.1 Å². The van der Waals surface area contributed by atoms with E-state index in [4.69, 9.17) is 5.11 Å². The molecule has 0 aliphatic rings. The van der Waals surface area contributed by atoms with Crippen molar-refractivity contribution in [3.63, 3.8) is 0 Å². The third-order valence-electron chi connectivity index (χ3n) is 1.76. The van der Waals surface area contributed by atoms with Crippen LogP contribution in [0.5, 0.6) is 0 Å². The predicted octanol–water partition coefficient (Wildman–Crippen LogP) is 0.982. The second-order valence-corrected chi connectivity index (χ2v) is 2.82. The Hall–Kier alpha value is -1.13. The summed E-state index contributed by atoms with van der Waals surface area (Å²) in [6.07, 6.45) is 3.49. The van der Waals surface area contributed by atoms with E-state index in [-0.39, 0.29) is 6.54 Å². The van der Waals surface area contributed by atoms with Crippen molar-refractivity contribution in [2.24, 2.45) is 0 Å². The van der Waals surface area contributed by atoms with Crippen LogP contribution >= 0.6 is 0 Å². The van der Waals surface area contributed by atoms with E-state index in [1.54, 1.807) is 17.2 Å². The third kappa shape index (κ3) is 4.79. The zero-order valence-electron chi connectivity index (χ0n) is 8.65. The number of aliphatic carboxylic acids is 1. The maximum atomic E-state index is 10.6. The molecular weight excluding hydrogens is 180 g/mol. The molecule has 14 heavy (non-hydrogen) atoms. The second-order valence-electron chi connectivity index (χ2n) is 2.82. The van der Waals surface area contributed by atoms with Crippen molar-refractivity contribution in [1.82, 2.24) is 10.0 Å². The van der Waals surface area contributed by atoms with E-state index in [2.05, 4.69) is 13.2 Å². The monoisotopic (exact) mass is 198 g/mol. The first-order valence-corrected chi connectivity index (χ1v) is 4.59. The largest absolute Gasteiger partial charge is 0.480 e. The van der Waals surface area contributed by atoms with Gasteiger partial charge < -0.3 is 5.11 Å². The molecule has 0 saturated heterocycles. The molecular formula is C10H18N2O2. The van der Waals surface area contributed by atoms with Gasteiger partial charge in [-0.15, -0.1) is 13.2 Å². The quantitative estimate of drug-likeness (QED) is 0.466. The molecule has 0 saturated carbocycles. The smallest absolute Gasteiger partial charge is 0.319 e.